The smallest absolute Gasteiger partial charge is 0.263 e. The highest BCUT2D eigenvalue weighted by Gasteiger charge is 2.18. The Hall–Kier alpha value is -3.74. The first-order chi connectivity index (χ1) is 15.4. The van der Waals surface area contributed by atoms with Crippen LogP contribution in [0.4, 0.5) is 4.39 Å². The van der Waals surface area contributed by atoms with E-state index in [0.717, 1.165) is 16.8 Å². The molecular weight excluding hydrogens is 407 g/mol. The third kappa shape index (κ3) is 4.06. The van der Waals surface area contributed by atoms with Crippen LogP contribution in [-0.4, -0.2) is 20.0 Å². The lowest BCUT2D eigenvalue weighted by Crippen LogP contribution is -2.29. The van der Waals surface area contributed by atoms with Gasteiger partial charge in [-0.3, -0.25) is 18.7 Å². The number of amides is 1. The third-order valence-electron chi connectivity index (χ3n) is 5.81. The molecule has 0 fully saturated rings. The number of carbonyl (C=O) groups excluding carboxylic acids is 1. The number of hydrogen-bond donors (Lipinski definition) is 1. The maximum absolute atomic E-state index is 13.8. The highest BCUT2D eigenvalue weighted by Crippen LogP contribution is 2.25. The number of nitrogens with zero attached hydrogens (tertiary/aromatic N) is 3. The quantitative estimate of drug-likeness (QED) is 0.496. The first kappa shape index (κ1) is 21.5. The van der Waals surface area contributed by atoms with Crippen LogP contribution in [0.25, 0.3) is 16.7 Å². The van der Waals surface area contributed by atoms with E-state index in [4.69, 9.17) is 0 Å². The number of nitrogens with one attached hydrogen (secondary N) is 1. The molecular formula is C25H25FN4O2. The molecule has 2 aromatic carbocycles. The molecule has 0 saturated heterocycles. The number of hydrogen-bond acceptors (Lipinski definition) is 3. The van der Waals surface area contributed by atoms with Gasteiger partial charge in [0, 0.05) is 18.7 Å². The SMILES string of the molecule is Cc1c(C)n(-c2cccc(F)c2)c2ncn(CCC(=O)N[C@@H](C)c3ccccc3)c(=O)c12. The number of fused-ring (bicyclic) bond motifs is 1. The van der Waals surface area contributed by atoms with E-state index >= 15 is 0 Å². The fourth-order valence-electron chi connectivity index (χ4n) is 3.94. The Morgan fingerprint density at radius 2 is 1.88 bits per heavy atom. The van der Waals surface area contributed by atoms with Crippen LogP contribution in [0.5, 0.6) is 0 Å². The second-order valence-corrected chi connectivity index (χ2v) is 7.92. The lowest BCUT2D eigenvalue weighted by molar-refractivity contribution is -0.121. The van der Waals surface area contributed by atoms with Crippen molar-refractivity contribution in [1.29, 1.82) is 0 Å². The second-order valence-electron chi connectivity index (χ2n) is 7.92. The van der Waals surface area contributed by atoms with E-state index in [1.807, 2.05) is 51.1 Å². The summed E-state index contributed by atoms with van der Waals surface area (Å²) >= 11 is 0. The summed E-state index contributed by atoms with van der Waals surface area (Å²) in [5.41, 5.74) is 3.51. The van der Waals surface area contributed by atoms with Gasteiger partial charge in [0.1, 0.15) is 5.82 Å². The zero-order chi connectivity index (χ0) is 22.8. The van der Waals surface area contributed by atoms with Crippen molar-refractivity contribution >= 4 is 16.9 Å². The number of rotatable bonds is 6. The lowest BCUT2D eigenvalue weighted by atomic mass is 10.1. The van der Waals surface area contributed by atoms with Gasteiger partial charge in [-0.2, -0.15) is 0 Å². The summed E-state index contributed by atoms with van der Waals surface area (Å²) in [6.45, 7) is 5.88. The highest BCUT2D eigenvalue weighted by molar-refractivity contribution is 5.83. The summed E-state index contributed by atoms with van der Waals surface area (Å²) in [6.07, 6.45) is 1.61. The van der Waals surface area contributed by atoms with Crippen molar-refractivity contribution in [3.8, 4) is 5.69 Å². The number of aromatic nitrogens is 3. The zero-order valence-corrected chi connectivity index (χ0v) is 18.3. The van der Waals surface area contributed by atoms with Crippen molar-refractivity contribution in [3.05, 3.63) is 93.9 Å². The Morgan fingerprint density at radius 1 is 1.12 bits per heavy atom. The van der Waals surface area contributed by atoms with E-state index < -0.39 is 0 Å². The van der Waals surface area contributed by atoms with Gasteiger partial charge in [-0.1, -0.05) is 36.4 Å². The minimum Gasteiger partial charge on any atom is -0.350 e. The minimum atomic E-state index is -0.356. The fraction of sp³-hybridized carbons (Fsp3) is 0.240. The van der Waals surface area contributed by atoms with Crippen LogP contribution in [0.1, 0.15) is 36.2 Å². The molecule has 1 amide bonds. The summed E-state index contributed by atoms with van der Waals surface area (Å²) in [6, 6.07) is 15.8. The summed E-state index contributed by atoms with van der Waals surface area (Å²) in [5, 5.41) is 3.44. The van der Waals surface area contributed by atoms with Crippen LogP contribution in [0.3, 0.4) is 0 Å². The van der Waals surface area contributed by atoms with Crippen molar-refractivity contribution in [2.75, 3.05) is 0 Å². The Labute approximate surface area is 185 Å². The summed E-state index contributed by atoms with van der Waals surface area (Å²) < 4.78 is 17.0. The van der Waals surface area contributed by atoms with Crippen molar-refractivity contribution in [1.82, 2.24) is 19.4 Å². The van der Waals surface area contributed by atoms with Crippen LogP contribution in [0, 0.1) is 19.7 Å². The van der Waals surface area contributed by atoms with Gasteiger partial charge in [0.25, 0.3) is 5.56 Å². The molecule has 7 heteroatoms. The van der Waals surface area contributed by atoms with E-state index in [-0.39, 0.29) is 36.3 Å². The maximum atomic E-state index is 13.8. The molecule has 0 aliphatic carbocycles. The summed E-state index contributed by atoms with van der Waals surface area (Å²) in [5.74, 6) is -0.496. The van der Waals surface area contributed by atoms with Gasteiger partial charge in [-0.25, -0.2) is 9.37 Å². The normalized spacial score (nSPS) is 12.1. The molecule has 0 aliphatic heterocycles. The molecule has 0 aliphatic rings. The van der Waals surface area contributed by atoms with Crippen molar-refractivity contribution in [3.63, 3.8) is 0 Å². The molecule has 4 aromatic rings. The third-order valence-corrected chi connectivity index (χ3v) is 5.81. The molecule has 0 spiro atoms. The standard InChI is InChI=1S/C25H25FN4O2/c1-16-18(3)30(21-11-7-10-20(26)14-21)24-23(16)25(32)29(15-27-24)13-12-22(31)28-17(2)19-8-5-4-6-9-19/h4-11,14-15,17H,12-13H2,1-3H3,(H,28,31)/t17-/m0/s1. The predicted molar refractivity (Wildman–Crippen MR) is 122 cm³/mol. The first-order valence-electron chi connectivity index (χ1n) is 10.5. The van der Waals surface area contributed by atoms with Crippen molar-refractivity contribution in [2.45, 2.75) is 39.8 Å². The molecule has 1 atom stereocenters. The topological polar surface area (TPSA) is 68.9 Å². The molecule has 0 unspecified atom stereocenters. The van der Waals surface area contributed by atoms with E-state index in [2.05, 4.69) is 10.3 Å². The Kier molecular flexibility index (Phi) is 5.90. The van der Waals surface area contributed by atoms with Gasteiger partial charge in [-0.15, -0.1) is 0 Å². The molecule has 32 heavy (non-hydrogen) atoms. The lowest BCUT2D eigenvalue weighted by Gasteiger charge is -2.14. The van der Waals surface area contributed by atoms with Crippen LogP contribution in [0.15, 0.2) is 65.7 Å². The van der Waals surface area contributed by atoms with Gasteiger partial charge in [-0.05, 0) is 50.1 Å². The molecule has 2 aromatic heterocycles. The molecule has 2 heterocycles. The molecule has 164 valence electrons. The van der Waals surface area contributed by atoms with Crippen LogP contribution >= 0.6 is 0 Å². The molecule has 0 radical (unpaired) electrons. The van der Waals surface area contributed by atoms with Gasteiger partial charge >= 0.3 is 0 Å². The molecule has 1 N–H and O–H groups in total. The van der Waals surface area contributed by atoms with E-state index in [0.29, 0.717) is 16.7 Å². The second kappa shape index (κ2) is 8.78. The van der Waals surface area contributed by atoms with Crippen LogP contribution < -0.4 is 10.9 Å². The first-order valence-corrected chi connectivity index (χ1v) is 10.5. The van der Waals surface area contributed by atoms with E-state index in [1.165, 1.54) is 23.0 Å². The zero-order valence-electron chi connectivity index (χ0n) is 18.3. The van der Waals surface area contributed by atoms with Gasteiger partial charge in [0.2, 0.25) is 5.91 Å². The minimum absolute atomic E-state index is 0.119. The Balaban J connectivity index is 1.57. The number of benzene rings is 2. The number of aryl methyl sites for hydroxylation is 2. The Morgan fingerprint density at radius 3 is 2.59 bits per heavy atom. The maximum Gasteiger partial charge on any atom is 0.263 e. The van der Waals surface area contributed by atoms with Crippen molar-refractivity contribution in [2.24, 2.45) is 0 Å². The van der Waals surface area contributed by atoms with Gasteiger partial charge < -0.3 is 5.32 Å². The van der Waals surface area contributed by atoms with Gasteiger partial charge in [0.05, 0.1) is 23.4 Å². The van der Waals surface area contributed by atoms with Crippen molar-refractivity contribution < 1.29 is 9.18 Å². The predicted octanol–water partition coefficient (Wildman–Crippen LogP) is 4.21. The van der Waals surface area contributed by atoms with Crippen LogP contribution in [-0.2, 0) is 11.3 Å². The highest BCUT2D eigenvalue weighted by atomic mass is 19.1. The summed E-state index contributed by atoms with van der Waals surface area (Å²) in [7, 11) is 0. The molecule has 0 saturated carbocycles. The average molecular weight is 432 g/mol. The number of halogens is 1. The van der Waals surface area contributed by atoms with Crippen LogP contribution in [0.2, 0.25) is 0 Å². The summed E-state index contributed by atoms with van der Waals surface area (Å²) in [4.78, 5) is 30.1. The number of carbonyl (C=O) groups is 1. The molecule has 4 rings (SSSR count). The fourth-order valence-corrected chi connectivity index (χ4v) is 3.94. The monoisotopic (exact) mass is 432 g/mol. The van der Waals surface area contributed by atoms with Gasteiger partial charge in [0.15, 0.2) is 5.65 Å². The molecule has 6 nitrogen and oxygen atoms in total. The van der Waals surface area contributed by atoms with E-state index in [1.54, 1.807) is 16.7 Å². The largest absolute Gasteiger partial charge is 0.350 e. The average Bonchev–Trinajstić information content (AvgIpc) is 3.04. The molecule has 0 bridgehead atoms. The Bertz CT molecular complexity index is 1340. The van der Waals surface area contributed by atoms with E-state index in [9.17, 15) is 14.0 Å².